The molecule has 0 saturated carbocycles. The third-order valence-electron chi connectivity index (χ3n) is 2.87. The summed E-state index contributed by atoms with van der Waals surface area (Å²) in [4.78, 5) is 11.9. The molecule has 0 unspecified atom stereocenters. The van der Waals surface area contributed by atoms with Gasteiger partial charge in [0, 0.05) is 13.2 Å². The summed E-state index contributed by atoms with van der Waals surface area (Å²) >= 11 is 0. The van der Waals surface area contributed by atoms with Gasteiger partial charge in [-0.1, -0.05) is 6.92 Å². The number of nitrogens with one attached hydrogen (secondary N) is 2. The van der Waals surface area contributed by atoms with Gasteiger partial charge in [0.2, 0.25) is 5.91 Å². The summed E-state index contributed by atoms with van der Waals surface area (Å²) in [5.41, 5.74) is 1.78. The Hall–Kier alpha value is -1.36. The molecule has 2 rings (SSSR count). The lowest BCUT2D eigenvalue weighted by molar-refractivity contribution is -0.117. The molecule has 0 spiro atoms. The molecule has 5 heteroatoms. The van der Waals surface area contributed by atoms with E-state index < -0.39 is 0 Å². The van der Waals surface area contributed by atoms with Crippen LogP contribution in [0.4, 0.5) is 5.69 Å². The molecule has 5 nitrogen and oxygen atoms in total. The maximum Gasteiger partial charge on any atom is 0.241 e. The van der Waals surface area contributed by atoms with E-state index in [-0.39, 0.29) is 11.9 Å². The van der Waals surface area contributed by atoms with Crippen molar-refractivity contribution in [3.05, 3.63) is 11.9 Å². The van der Waals surface area contributed by atoms with Gasteiger partial charge in [0.05, 0.1) is 17.4 Å². The Labute approximate surface area is 95.2 Å². The van der Waals surface area contributed by atoms with Gasteiger partial charge in [0.15, 0.2) is 0 Å². The Kier molecular flexibility index (Phi) is 3.24. The van der Waals surface area contributed by atoms with Crippen molar-refractivity contribution in [1.82, 2.24) is 15.1 Å². The average molecular weight is 222 g/mol. The van der Waals surface area contributed by atoms with Crippen LogP contribution in [0.1, 0.15) is 25.5 Å². The maximum atomic E-state index is 11.9. The van der Waals surface area contributed by atoms with E-state index in [0.29, 0.717) is 0 Å². The van der Waals surface area contributed by atoms with Crippen molar-refractivity contribution in [2.45, 2.75) is 32.2 Å². The molecule has 1 aliphatic heterocycles. The molecule has 1 fully saturated rings. The number of hydrogen-bond donors (Lipinski definition) is 2. The number of amides is 1. The predicted octanol–water partition coefficient (Wildman–Crippen LogP) is 0.673. The van der Waals surface area contributed by atoms with E-state index in [0.717, 1.165) is 37.2 Å². The van der Waals surface area contributed by atoms with Gasteiger partial charge in [-0.2, -0.15) is 5.10 Å². The molecule has 1 aromatic heterocycles. The second kappa shape index (κ2) is 4.65. The van der Waals surface area contributed by atoms with Crippen molar-refractivity contribution in [2.24, 2.45) is 7.05 Å². The molecule has 2 heterocycles. The molecule has 0 aliphatic carbocycles. The zero-order chi connectivity index (χ0) is 11.5. The zero-order valence-electron chi connectivity index (χ0n) is 9.79. The minimum Gasteiger partial charge on any atom is -0.322 e. The number of aromatic nitrogens is 2. The van der Waals surface area contributed by atoms with Gasteiger partial charge in [-0.3, -0.25) is 9.48 Å². The topological polar surface area (TPSA) is 59.0 Å². The lowest BCUT2D eigenvalue weighted by Gasteiger charge is -2.10. The number of rotatable bonds is 3. The van der Waals surface area contributed by atoms with Crippen LogP contribution in [0.15, 0.2) is 6.20 Å². The largest absolute Gasteiger partial charge is 0.322 e. The van der Waals surface area contributed by atoms with E-state index in [1.165, 1.54) is 0 Å². The molecule has 1 saturated heterocycles. The number of carbonyl (C=O) groups excluding carboxylic acids is 1. The fourth-order valence-corrected chi connectivity index (χ4v) is 2.03. The van der Waals surface area contributed by atoms with E-state index in [9.17, 15) is 4.79 Å². The molecule has 16 heavy (non-hydrogen) atoms. The second-order valence-electron chi connectivity index (χ2n) is 4.15. The summed E-state index contributed by atoms with van der Waals surface area (Å²) in [6.07, 6.45) is 4.68. The van der Waals surface area contributed by atoms with Crippen molar-refractivity contribution in [2.75, 3.05) is 11.9 Å². The normalized spacial score (nSPS) is 20.0. The highest BCUT2D eigenvalue weighted by Crippen LogP contribution is 2.15. The quantitative estimate of drug-likeness (QED) is 0.790. The Morgan fingerprint density at radius 2 is 2.56 bits per heavy atom. The molecule has 1 aliphatic rings. The number of carbonyl (C=O) groups is 1. The van der Waals surface area contributed by atoms with E-state index in [1.807, 2.05) is 20.2 Å². The molecule has 0 aromatic carbocycles. The third kappa shape index (κ3) is 2.24. The molecule has 0 bridgehead atoms. The first-order chi connectivity index (χ1) is 7.70. The molecular weight excluding hydrogens is 204 g/mol. The van der Waals surface area contributed by atoms with Gasteiger partial charge in [0.25, 0.3) is 0 Å². The molecule has 88 valence electrons. The Balaban J connectivity index is 2.04. The lowest BCUT2D eigenvalue weighted by Crippen LogP contribution is -2.35. The second-order valence-corrected chi connectivity index (χ2v) is 4.15. The summed E-state index contributed by atoms with van der Waals surface area (Å²) < 4.78 is 1.73. The standard InChI is InChI=1S/C11H18N4O/c1-3-8-10(7-15(2)14-8)13-11(16)9-5-4-6-12-9/h7,9,12H,3-6H2,1-2H3,(H,13,16)/t9-/m0/s1. The Bertz CT molecular complexity index is 379. The van der Waals surface area contributed by atoms with Crippen molar-refractivity contribution in [3.63, 3.8) is 0 Å². The van der Waals surface area contributed by atoms with Crippen LogP contribution in [0.3, 0.4) is 0 Å². The summed E-state index contributed by atoms with van der Waals surface area (Å²) in [5, 5.41) is 10.4. The van der Waals surface area contributed by atoms with Crippen molar-refractivity contribution >= 4 is 11.6 Å². The number of aryl methyl sites for hydroxylation is 2. The zero-order valence-corrected chi connectivity index (χ0v) is 9.79. The summed E-state index contributed by atoms with van der Waals surface area (Å²) in [6, 6.07) is -0.0371. The SMILES string of the molecule is CCc1nn(C)cc1NC(=O)[C@@H]1CCCN1. The summed E-state index contributed by atoms with van der Waals surface area (Å²) in [5.74, 6) is 0.0557. The highest BCUT2D eigenvalue weighted by molar-refractivity contribution is 5.95. The van der Waals surface area contributed by atoms with Gasteiger partial charge in [-0.15, -0.1) is 0 Å². The van der Waals surface area contributed by atoms with Crippen molar-refractivity contribution in [1.29, 1.82) is 0 Å². The highest BCUT2D eigenvalue weighted by atomic mass is 16.2. The molecule has 0 radical (unpaired) electrons. The Morgan fingerprint density at radius 1 is 1.75 bits per heavy atom. The van der Waals surface area contributed by atoms with Gasteiger partial charge in [0.1, 0.15) is 0 Å². The smallest absolute Gasteiger partial charge is 0.241 e. The van der Waals surface area contributed by atoms with E-state index in [1.54, 1.807) is 4.68 Å². The van der Waals surface area contributed by atoms with Crippen LogP contribution in [0, 0.1) is 0 Å². The Morgan fingerprint density at radius 3 is 3.19 bits per heavy atom. The molecule has 1 aromatic rings. The van der Waals surface area contributed by atoms with Crippen LogP contribution in [0.2, 0.25) is 0 Å². The third-order valence-corrected chi connectivity index (χ3v) is 2.87. The van der Waals surface area contributed by atoms with Crippen LogP contribution in [0.5, 0.6) is 0 Å². The number of hydrogen-bond acceptors (Lipinski definition) is 3. The fraction of sp³-hybridized carbons (Fsp3) is 0.636. The summed E-state index contributed by atoms with van der Waals surface area (Å²) in [6.45, 7) is 2.97. The minimum absolute atomic E-state index is 0.0371. The molecule has 2 N–H and O–H groups in total. The molecule has 1 amide bonds. The average Bonchev–Trinajstić information content (AvgIpc) is 2.87. The van der Waals surface area contributed by atoms with Crippen LogP contribution < -0.4 is 10.6 Å². The maximum absolute atomic E-state index is 11.9. The lowest BCUT2D eigenvalue weighted by atomic mass is 10.2. The van der Waals surface area contributed by atoms with E-state index in [4.69, 9.17) is 0 Å². The predicted molar refractivity (Wildman–Crippen MR) is 62.2 cm³/mol. The van der Waals surface area contributed by atoms with Gasteiger partial charge < -0.3 is 10.6 Å². The van der Waals surface area contributed by atoms with Crippen LogP contribution in [-0.2, 0) is 18.3 Å². The molecular formula is C11H18N4O. The monoisotopic (exact) mass is 222 g/mol. The van der Waals surface area contributed by atoms with E-state index >= 15 is 0 Å². The van der Waals surface area contributed by atoms with Crippen LogP contribution in [0.25, 0.3) is 0 Å². The van der Waals surface area contributed by atoms with Crippen LogP contribution in [-0.4, -0.2) is 28.3 Å². The first-order valence-corrected chi connectivity index (χ1v) is 5.77. The molecule has 1 atom stereocenters. The summed E-state index contributed by atoms with van der Waals surface area (Å²) in [7, 11) is 1.86. The first kappa shape index (κ1) is 11.1. The van der Waals surface area contributed by atoms with Gasteiger partial charge >= 0.3 is 0 Å². The first-order valence-electron chi connectivity index (χ1n) is 5.77. The van der Waals surface area contributed by atoms with Gasteiger partial charge in [-0.05, 0) is 25.8 Å². The van der Waals surface area contributed by atoms with Gasteiger partial charge in [-0.25, -0.2) is 0 Å². The van der Waals surface area contributed by atoms with Crippen molar-refractivity contribution < 1.29 is 4.79 Å². The highest BCUT2D eigenvalue weighted by Gasteiger charge is 2.22. The van der Waals surface area contributed by atoms with E-state index in [2.05, 4.69) is 15.7 Å². The minimum atomic E-state index is -0.0371. The van der Waals surface area contributed by atoms with Crippen LogP contribution >= 0.6 is 0 Å². The number of nitrogens with zero attached hydrogens (tertiary/aromatic N) is 2. The van der Waals surface area contributed by atoms with Crippen molar-refractivity contribution in [3.8, 4) is 0 Å². The fourth-order valence-electron chi connectivity index (χ4n) is 2.03. The number of anilines is 1.